The summed E-state index contributed by atoms with van der Waals surface area (Å²) < 4.78 is 33.1. The molecule has 0 atom stereocenters. The first-order chi connectivity index (χ1) is 16.8. The van der Waals surface area contributed by atoms with Gasteiger partial charge in [0.1, 0.15) is 4.21 Å². The second kappa shape index (κ2) is 13.0. The Morgan fingerprint density at radius 2 is 1.86 bits per heavy atom. The number of sulfonamides is 1. The van der Waals surface area contributed by atoms with Gasteiger partial charge in [0.2, 0.25) is 11.8 Å². The lowest BCUT2D eigenvalue weighted by atomic mass is 10.2. The van der Waals surface area contributed by atoms with Crippen molar-refractivity contribution in [3.63, 3.8) is 0 Å². The van der Waals surface area contributed by atoms with Crippen LogP contribution in [0.3, 0.4) is 0 Å². The van der Waals surface area contributed by atoms with Crippen LogP contribution in [0.15, 0.2) is 51.2 Å². The van der Waals surface area contributed by atoms with E-state index in [1.807, 2.05) is 42.2 Å². The molecule has 1 amide bonds. The van der Waals surface area contributed by atoms with Crippen molar-refractivity contribution in [3.05, 3.63) is 64.1 Å². The average molecular weight is 575 g/mol. The second-order valence-electron chi connectivity index (χ2n) is 8.24. The lowest BCUT2D eigenvalue weighted by Crippen LogP contribution is -2.48. The standard InChI is InChI=1S/C23H28ClN5O4S2.ClH/c1-2-28(16-18-6-4-3-5-7-18)22(30)10-9-21-25-20(26-33-21)17-27-12-14-29(15-13-27)35(31,32)23-11-8-19(24)34-23;/h3-8,11H,2,9-10,12-17H2,1H3;1H. The fraction of sp³-hybridized carbons (Fsp3) is 0.435. The molecular formula is C23H29Cl2N5O4S2. The van der Waals surface area contributed by atoms with Gasteiger partial charge in [-0.15, -0.1) is 23.7 Å². The third-order valence-corrected chi connectivity index (χ3v) is 9.45. The molecule has 0 unspecified atom stereocenters. The minimum atomic E-state index is -3.52. The van der Waals surface area contributed by atoms with Gasteiger partial charge in [-0.05, 0) is 24.6 Å². The Morgan fingerprint density at radius 3 is 2.50 bits per heavy atom. The zero-order valence-electron chi connectivity index (χ0n) is 19.9. The quantitative estimate of drug-likeness (QED) is 0.364. The number of aromatic nitrogens is 2. The van der Waals surface area contributed by atoms with Crippen LogP contribution in [-0.2, 0) is 34.3 Å². The number of halogens is 2. The molecule has 0 radical (unpaired) electrons. The van der Waals surface area contributed by atoms with Crippen molar-refractivity contribution in [2.24, 2.45) is 0 Å². The van der Waals surface area contributed by atoms with E-state index < -0.39 is 10.0 Å². The summed E-state index contributed by atoms with van der Waals surface area (Å²) in [4.78, 5) is 21.0. The van der Waals surface area contributed by atoms with E-state index in [1.165, 1.54) is 4.31 Å². The van der Waals surface area contributed by atoms with Gasteiger partial charge in [0.25, 0.3) is 10.0 Å². The smallest absolute Gasteiger partial charge is 0.252 e. The van der Waals surface area contributed by atoms with Crippen molar-refractivity contribution in [2.75, 3.05) is 32.7 Å². The number of hydrogen-bond donors (Lipinski definition) is 0. The summed E-state index contributed by atoms with van der Waals surface area (Å²) in [5.41, 5.74) is 1.09. The lowest BCUT2D eigenvalue weighted by Gasteiger charge is -2.32. The fourth-order valence-corrected chi connectivity index (χ4v) is 6.96. The molecule has 0 spiro atoms. The summed E-state index contributed by atoms with van der Waals surface area (Å²) in [5, 5.41) is 4.04. The highest BCUT2D eigenvalue weighted by Crippen LogP contribution is 2.28. The maximum Gasteiger partial charge on any atom is 0.252 e. The van der Waals surface area contributed by atoms with Gasteiger partial charge in [-0.3, -0.25) is 9.69 Å². The topological polar surface area (TPSA) is 99.9 Å². The summed E-state index contributed by atoms with van der Waals surface area (Å²) in [5.74, 6) is 1.01. The van der Waals surface area contributed by atoms with E-state index in [0.29, 0.717) is 74.7 Å². The molecule has 2 aromatic heterocycles. The molecule has 9 nitrogen and oxygen atoms in total. The largest absolute Gasteiger partial charge is 0.339 e. The van der Waals surface area contributed by atoms with Crippen molar-refractivity contribution >= 4 is 51.3 Å². The third kappa shape index (κ3) is 7.27. The van der Waals surface area contributed by atoms with Crippen LogP contribution in [0.2, 0.25) is 4.34 Å². The first-order valence-electron chi connectivity index (χ1n) is 11.5. The molecule has 0 aliphatic carbocycles. The Labute approximate surface area is 226 Å². The van der Waals surface area contributed by atoms with E-state index >= 15 is 0 Å². The van der Waals surface area contributed by atoms with Gasteiger partial charge >= 0.3 is 0 Å². The number of carbonyl (C=O) groups is 1. The van der Waals surface area contributed by atoms with E-state index in [-0.39, 0.29) is 22.5 Å². The molecular weight excluding hydrogens is 545 g/mol. The molecule has 1 aliphatic rings. The van der Waals surface area contributed by atoms with Gasteiger partial charge in [0.05, 0.1) is 10.9 Å². The predicted octanol–water partition coefficient (Wildman–Crippen LogP) is 3.69. The SMILES string of the molecule is CCN(Cc1ccccc1)C(=O)CCc1nc(CN2CCN(S(=O)(=O)c3ccc(Cl)s3)CC2)no1.Cl. The number of rotatable bonds is 10. The molecule has 0 N–H and O–H groups in total. The van der Waals surface area contributed by atoms with Crippen LogP contribution < -0.4 is 0 Å². The van der Waals surface area contributed by atoms with Gasteiger partial charge in [-0.25, -0.2) is 8.42 Å². The number of hydrogen-bond acceptors (Lipinski definition) is 8. The molecule has 36 heavy (non-hydrogen) atoms. The Kier molecular flexibility index (Phi) is 10.3. The molecule has 3 heterocycles. The van der Waals surface area contributed by atoms with E-state index in [9.17, 15) is 13.2 Å². The van der Waals surface area contributed by atoms with Crippen LogP contribution in [0.5, 0.6) is 0 Å². The number of carbonyl (C=O) groups excluding carboxylic acids is 1. The van der Waals surface area contributed by atoms with Gasteiger partial charge in [0, 0.05) is 52.1 Å². The molecule has 1 fully saturated rings. The first-order valence-corrected chi connectivity index (χ1v) is 14.1. The summed E-state index contributed by atoms with van der Waals surface area (Å²) in [6.07, 6.45) is 0.679. The molecule has 3 aromatic rings. The zero-order chi connectivity index (χ0) is 24.8. The minimum Gasteiger partial charge on any atom is -0.339 e. The first kappa shape index (κ1) is 28.5. The van der Waals surface area contributed by atoms with E-state index in [1.54, 1.807) is 12.1 Å². The number of amides is 1. The molecule has 196 valence electrons. The van der Waals surface area contributed by atoms with Crippen LogP contribution in [0.25, 0.3) is 0 Å². The molecule has 1 aromatic carbocycles. The number of nitrogens with zero attached hydrogens (tertiary/aromatic N) is 5. The molecule has 0 bridgehead atoms. The molecule has 13 heteroatoms. The molecule has 4 rings (SSSR count). The third-order valence-electron chi connectivity index (χ3n) is 5.85. The normalized spacial score (nSPS) is 14.9. The van der Waals surface area contributed by atoms with Crippen molar-refractivity contribution in [2.45, 2.75) is 37.1 Å². The zero-order valence-corrected chi connectivity index (χ0v) is 23.1. The Balaban J connectivity index is 0.00000361. The summed E-state index contributed by atoms with van der Waals surface area (Å²) in [6.45, 7) is 5.52. The summed E-state index contributed by atoms with van der Waals surface area (Å²) >= 11 is 6.97. The van der Waals surface area contributed by atoms with E-state index in [4.69, 9.17) is 16.1 Å². The maximum absolute atomic E-state index is 12.8. The highest BCUT2D eigenvalue weighted by molar-refractivity contribution is 7.91. The fourth-order valence-electron chi connectivity index (χ4n) is 3.90. The number of aryl methyl sites for hydroxylation is 1. The van der Waals surface area contributed by atoms with E-state index in [2.05, 4.69) is 15.0 Å². The average Bonchev–Trinajstić information content (AvgIpc) is 3.51. The van der Waals surface area contributed by atoms with Gasteiger partial charge in [-0.1, -0.05) is 47.1 Å². The maximum atomic E-state index is 12.8. The summed E-state index contributed by atoms with van der Waals surface area (Å²) in [6, 6.07) is 13.0. The number of benzene rings is 1. The van der Waals surface area contributed by atoms with Crippen LogP contribution in [0, 0.1) is 0 Å². The highest BCUT2D eigenvalue weighted by atomic mass is 35.5. The van der Waals surface area contributed by atoms with Crippen molar-refractivity contribution in [3.8, 4) is 0 Å². The van der Waals surface area contributed by atoms with Crippen molar-refractivity contribution in [1.29, 1.82) is 0 Å². The van der Waals surface area contributed by atoms with Crippen molar-refractivity contribution < 1.29 is 17.7 Å². The predicted molar refractivity (Wildman–Crippen MR) is 141 cm³/mol. The minimum absolute atomic E-state index is 0. The highest BCUT2D eigenvalue weighted by Gasteiger charge is 2.30. The van der Waals surface area contributed by atoms with Gasteiger partial charge < -0.3 is 9.42 Å². The van der Waals surface area contributed by atoms with E-state index in [0.717, 1.165) is 16.9 Å². The number of piperazine rings is 1. The molecule has 0 saturated carbocycles. The van der Waals surface area contributed by atoms with Crippen LogP contribution in [0.1, 0.15) is 30.6 Å². The van der Waals surface area contributed by atoms with Crippen molar-refractivity contribution in [1.82, 2.24) is 24.2 Å². The van der Waals surface area contributed by atoms with Gasteiger partial charge in [0.15, 0.2) is 5.82 Å². The number of thiophene rings is 1. The van der Waals surface area contributed by atoms with Crippen LogP contribution in [0.4, 0.5) is 0 Å². The Hall–Kier alpha value is -2.02. The molecule has 1 aliphatic heterocycles. The second-order valence-corrected chi connectivity index (χ2v) is 12.1. The monoisotopic (exact) mass is 573 g/mol. The Morgan fingerprint density at radius 1 is 1.14 bits per heavy atom. The summed E-state index contributed by atoms with van der Waals surface area (Å²) in [7, 11) is -3.52. The lowest BCUT2D eigenvalue weighted by molar-refractivity contribution is -0.131. The van der Waals surface area contributed by atoms with Crippen LogP contribution in [-0.4, -0.2) is 71.3 Å². The Bertz CT molecular complexity index is 1230. The van der Waals surface area contributed by atoms with Crippen LogP contribution >= 0.6 is 35.3 Å². The van der Waals surface area contributed by atoms with Gasteiger partial charge in [-0.2, -0.15) is 9.29 Å². The molecule has 1 saturated heterocycles.